The standard InChI is InChI=1S/C35H28F6N2O6/c1-17-13-21(42-4)7-11-23(17)24-12-8-22(16-29(24)34(36,37)38)43-30(45)28-15-20(6-10-26(28)32(48)49)33(3,35(39,40)41)19-5-9-25(31(46)47)27(14-19)18(2)44/h5-16,42H,1-4H3,(H,43,45)(H,46,47)(H,48,49). The van der Waals surface area contributed by atoms with Gasteiger partial charge in [0.25, 0.3) is 5.91 Å². The van der Waals surface area contributed by atoms with Gasteiger partial charge in [-0.05, 0) is 97.1 Å². The van der Waals surface area contributed by atoms with Crippen LogP contribution in [0.3, 0.4) is 0 Å². The van der Waals surface area contributed by atoms with Crippen LogP contribution in [0.2, 0.25) is 0 Å². The molecule has 1 atom stereocenters. The van der Waals surface area contributed by atoms with Gasteiger partial charge in [0.05, 0.1) is 22.3 Å². The number of carbonyl (C=O) groups is 4. The highest BCUT2D eigenvalue weighted by atomic mass is 19.4. The lowest BCUT2D eigenvalue weighted by Crippen LogP contribution is -2.41. The minimum Gasteiger partial charge on any atom is -0.478 e. The van der Waals surface area contributed by atoms with Crippen molar-refractivity contribution in [1.82, 2.24) is 0 Å². The Morgan fingerprint density at radius 3 is 1.63 bits per heavy atom. The third-order valence-electron chi connectivity index (χ3n) is 8.23. The van der Waals surface area contributed by atoms with Crippen LogP contribution in [0.5, 0.6) is 0 Å². The van der Waals surface area contributed by atoms with E-state index in [2.05, 4.69) is 10.6 Å². The molecule has 1 amide bonds. The zero-order chi connectivity index (χ0) is 36.6. The Morgan fingerprint density at radius 2 is 1.16 bits per heavy atom. The van der Waals surface area contributed by atoms with Crippen molar-refractivity contribution in [3.63, 3.8) is 0 Å². The number of carboxylic acid groups (broad SMARTS) is 2. The fourth-order valence-electron chi connectivity index (χ4n) is 5.47. The van der Waals surface area contributed by atoms with Crippen LogP contribution in [-0.4, -0.2) is 47.1 Å². The van der Waals surface area contributed by atoms with Crippen molar-refractivity contribution in [2.24, 2.45) is 0 Å². The first kappa shape index (κ1) is 36.2. The minimum atomic E-state index is -5.15. The number of hydrogen-bond acceptors (Lipinski definition) is 5. The molecule has 0 saturated heterocycles. The first-order chi connectivity index (χ1) is 22.7. The number of nitrogens with one attached hydrogen (secondary N) is 2. The van der Waals surface area contributed by atoms with E-state index in [0.29, 0.717) is 30.3 Å². The van der Waals surface area contributed by atoms with E-state index in [-0.39, 0.29) is 11.1 Å². The van der Waals surface area contributed by atoms with Gasteiger partial charge < -0.3 is 20.8 Å². The number of aryl methyl sites for hydroxylation is 1. The second kappa shape index (κ2) is 13.1. The second-order valence-electron chi connectivity index (χ2n) is 11.3. The zero-order valence-electron chi connectivity index (χ0n) is 26.2. The summed E-state index contributed by atoms with van der Waals surface area (Å²) in [5, 5.41) is 24.2. The summed E-state index contributed by atoms with van der Waals surface area (Å²) in [4.78, 5) is 49.3. The number of anilines is 2. The normalized spacial score (nSPS) is 12.9. The first-order valence-electron chi connectivity index (χ1n) is 14.3. The summed E-state index contributed by atoms with van der Waals surface area (Å²) in [5.41, 5.74) is -7.22. The molecule has 0 aliphatic heterocycles. The van der Waals surface area contributed by atoms with Crippen LogP contribution in [0, 0.1) is 6.92 Å². The van der Waals surface area contributed by atoms with E-state index < -0.39 is 86.0 Å². The molecule has 0 aliphatic carbocycles. The highest BCUT2D eigenvalue weighted by Crippen LogP contribution is 2.47. The van der Waals surface area contributed by atoms with Crippen molar-refractivity contribution < 1.29 is 55.7 Å². The van der Waals surface area contributed by atoms with Crippen LogP contribution in [0.4, 0.5) is 37.7 Å². The average Bonchev–Trinajstić information content (AvgIpc) is 3.02. The van der Waals surface area contributed by atoms with Gasteiger partial charge in [0, 0.05) is 24.0 Å². The summed E-state index contributed by atoms with van der Waals surface area (Å²) in [7, 11) is 1.64. The summed E-state index contributed by atoms with van der Waals surface area (Å²) in [6.45, 7) is 3.28. The Bertz CT molecular complexity index is 2000. The molecule has 0 radical (unpaired) electrons. The Hall–Kier alpha value is -5.66. The molecule has 0 spiro atoms. The molecule has 49 heavy (non-hydrogen) atoms. The van der Waals surface area contributed by atoms with E-state index >= 15 is 0 Å². The lowest BCUT2D eigenvalue weighted by atomic mass is 9.73. The maximum Gasteiger partial charge on any atom is 0.417 e. The van der Waals surface area contributed by atoms with E-state index in [1.165, 1.54) is 6.07 Å². The topological polar surface area (TPSA) is 133 Å². The lowest BCUT2D eigenvalue weighted by molar-refractivity contribution is -0.173. The lowest BCUT2D eigenvalue weighted by Gasteiger charge is -2.34. The first-order valence-corrected chi connectivity index (χ1v) is 14.3. The van der Waals surface area contributed by atoms with Gasteiger partial charge in [-0.3, -0.25) is 9.59 Å². The summed E-state index contributed by atoms with van der Waals surface area (Å²) < 4.78 is 87.4. The van der Waals surface area contributed by atoms with Crippen LogP contribution in [0.15, 0.2) is 72.8 Å². The van der Waals surface area contributed by atoms with E-state index in [9.17, 15) is 55.7 Å². The number of benzene rings is 4. The average molecular weight is 687 g/mol. The van der Waals surface area contributed by atoms with E-state index in [1.807, 2.05) is 0 Å². The number of carbonyl (C=O) groups excluding carboxylic acids is 2. The van der Waals surface area contributed by atoms with Crippen molar-refractivity contribution in [2.75, 3.05) is 17.7 Å². The minimum absolute atomic E-state index is 0.210. The molecule has 0 bridgehead atoms. The number of halogens is 6. The second-order valence-corrected chi connectivity index (χ2v) is 11.3. The van der Waals surface area contributed by atoms with Crippen LogP contribution in [-0.2, 0) is 11.6 Å². The summed E-state index contributed by atoms with van der Waals surface area (Å²) >= 11 is 0. The molecule has 0 fully saturated rings. The molecule has 4 rings (SSSR count). The van der Waals surface area contributed by atoms with Crippen molar-refractivity contribution in [1.29, 1.82) is 0 Å². The molecule has 14 heteroatoms. The molecule has 0 aliphatic rings. The van der Waals surface area contributed by atoms with Gasteiger partial charge in [0.1, 0.15) is 5.41 Å². The number of ketones is 1. The molecule has 4 aromatic rings. The molecule has 0 heterocycles. The maximum absolute atomic E-state index is 14.9. The van der Waals surface area contributed by atoms with Crippen molar-refractivity contribution in [3.05, 3.63) is 117 Å². The third kappa shape index (κ3) is 6.98. The predicted octanol–water partition coefficient (Wildman–Crippen LogP) is 8.44. The third-order valence-corrected chi connectivity index (χ3v) is 8.23. The van der Waals surface area contributed by atoms with Gasteiger partial charge in [0.2, 0.25) is 0 Å². The SMILES string of the molecule is CNc1ccc(-c2ccc(NC(=O)c3cc(C(C)(c4ccc(C(=O)O)c(C(C)=O)c4)C(F)(F)F)ccc3C(=O)O)cc2C(F)(F)F)c(C)c1. The maximum atomic E-state index is 14.9. The van der Waals surface area contributed by atoms with Crippen LogP contribution in [0.25, 0.3) is 11.1 Å². The summed E-state index contributed by atoms with van der Waals surface area (Å²) in [6, 6.07) is 12.2. The molecular formula is C35H28F6N2O6. The molecule has 0 saturated carbocycles. The summed E-state index contributed by atoms with van der Waals surface area (Å²) in [5.74, 6) is -5.41. The number of alkyl halides is 6. The van der Waals surface area contributed by atoms with Gasteiger partial charge in [-0.2, -0.15) is 26.3 Å². The van der Waals surface area contributed by atoms with Crippen molar-refractivity contribution in [2.45, 2.75) is 38.5 Å². The fourth-order valence-corrected chi connectivity index (χ4v) is 5.47. The predicted molar refractivity (Wildman–Crippen MR) is 168 cm³/mol. The molecule has 1 unspecified atom stereocenters. The number of rotatable bonds is 9. The Morgan fingerprint density at radius 1 is 0.653 bits per heavy atom. The van der Waals surface area contributed by atoms with Gasteiger partial charge in [-0.25, -0.2) is 9.59 Å². The van der Waals surface area contributed by atoms with E-state index in [4.69, 9.17) is 0 Å². The number of aromatic carboxylic acids is 2. The van der Waals surface area contributed by atoms with Crippen molar-refractivity contribution >= 4 is 35.0 Å². The van der Waals surface area contributed by atoms with Crippen LogP contribution >= 0.6 is 0 Å². The van der Waals surface area contributed by atoms with Gasteiger partial charge in [-0.1, -0.05) is 24.3 Å². The van der Waals surface area contributed by atoms with E-state index in [1.54, 1.807) is 26.1 Å². The summed E-state index contributed by atoms with van der Waals surface area (Å²) in [6.07, 6.45) is -10.1. The van der Waals surface area contributed by atoms with Gasteiger partial charge >= 0.3 is 24.3 Å². The monoisotopic (exact) mass is 686 g/mol. The number of carboxylic acids is 2. The molecule has 4 N–H and O–H groups in total. The van der Waals surface area contributed by atoms with Crippen molar-refractivity contribution in [3.8, 4) is 11.1 Å². The van der Waals surface area contributed by atoms with Gasteiger partial charge in [0.15, 0.2) is 5.78 Å². The van der Waals surface area contributed by atoms with Crippen LogP contribution < -0.4 is 10.6 Å². The quantitative estimate of drug-likeness (QED) is 0.103. The number of Topliss-reactive ketones (excluding diaryl/α,β-unsaturated/α-hetero) is 1. The smallest absolute Gasteiger partial charge is 0.417 e. The largest absolute Gasteiger partial charge is 0.478 e. The van der Waals surface area contributed by atoms with Gasteiger partial charge in [-0.15, -0.1) is 0 Å². The molecule has 8 nitrogen and oxygen atoms in total. The fraction of sp³-hybridized carbons (Fsp3) is 0.200. The van der Waals surface area contributed by atoms with Crippen LogP contribution in [0.1, 0.15) is 77.5 Å². The Balaban J connectivity index is 1.84. The zero-order valence-corrected chi connectivity index (χ0v) is 26.2. The molecular weight excluding hydrogens is 658 g/mol. The highest BCUT2D eigenvalue weighted by molar-refractivity contribution is 6.11. The number of hydrogen-bond donors (Lipinski definition) is 4. The molecule has 256 valence electrons. The highest BCUT2D eigenvalue weighted by Gasteiger charge is 2.54. The Kier molecular flexibility index (Phi) is 9.67. The molecule has 0 aromatic heterocycles. The Labute approximate surface area is 275 Å². The molecule has 4 aromatic carbocycles. The van der Waals surface area contributed by atoms with E-state index in [0.717, 1.165) is 49.4 Å². The number of amides is 1.